The lowest BCUT2D eigenvalue weighted by Gasteiger charge is -2.25. The van der Waals surface area contributed by atoms with Crippen molar-refractivity contribution >= 4 is 28.7 Å². The number of hydrogen-bond donors (Lipinski definition) is 2. The number of amides is 1. The van der Waals surface area contributed by atoms with Crippen molar-refractivity contribution in [3.63, 3.8) is 0 Å². The van der Waals surface area contributed by atoms with Crippen LogP contribution in [0.3, 0.4) is 0 Å². The van der Waals surface area contributed by atoms with Crippen LogP contribution in [0.4, 0.5) is 10.5 Å². The lowest BCUT2D eigenvalue weighted by molar-refractivity contribution is 0.0510. The Kier molecular flexibility index (Phi) is 6.85. The fourth-order valence-corrected chi connectivity index (χ4v) is 4.82. The molecule has 36 heavy (non-hydrogen) atoms. The van der Waals surface area contributed by atoms with Crippen molar-refractivity contribution in [2.45, 2.75) is 64.1 Å². The second kappa shape index (κ2) is 9.72. The van der Waals surface area contributed by atoms with Crippen molar-refractivity contribution in [2.75, 3.05) is 25.1 Å². The summed E-state index contributed by atoms with van der Waals surface area (Å²) in [7, 11) is 1.55. The van der Waals surface area contributed by atoms with Gasteiger partial charge >= 0.3 is 12.1 Å². The topological polar surface area (TPSA) is 134 Å². The van der Waals surface area contributed by atoms with Crippen LogP contribution in [-0.2, 0) is 4.74 Å². The van der Waals surface area contributed by atoms with Crippen LogP contribution in [0, 0.1) is 17.2 Å². The summed E-state index contributed by atoms with van der Waals surface area (Å²) in [6.45, 7) is 6.68. The molecule has 1 amide bonds. The molecule has 0 bridgehead atoms. The number of methoxy groups -OCH3 is 1. The largest absolute Gasteiger partial charge is 0.492 e. The fraction of sp³-hybridized carbons (Fsp3) is 0.538. The van der Waals surface area contributed by atoms with Crippen LogP contribution in [-0.4, -0.2) is 53.6 Å². The Hall–Kier alpha value is -3.74. The predicted octanol–water partition coefficient (Wildman–Crippen LogP) is 3.68. The summed E-state index contributed by atoms with van der Waals surface area (Å²) in [5.74, 6) is -0.545. The van der Waals surface area contributed by atoms with E-state index in [0.29, 0.717) is 29.6 Å². The smallest absolute Gasteiger partial charge is 0.408 e. The summed E-state index contributed by atoms with van der Waals surface area (Å²) in [5.41, 5.74) is 0.0115. The summed E-state index contributed by atoms with van der Waals surface area (Å²) < 4.78 is 12.9. The molecule has 1 aromatic carbocycles. The number of hydrogen-bond acceptors (Lipinski definition) is 7. The van der Waals surface area contributed by atoms with Gasteiger partial charge in [-0.25, -0.2) is 9.59 Å². The Balaban J connectivity index is 1.58. The molecule has 10 heteroatoms. The van der Waals surface area contributed by atoms with Crippen LogP contribution in [0.1, 0.15) is 62.9 Å². The molecule has 2 fully saturated rings. The quantitative estimate of drug-likeness (QED) is 0.593. The third-order valence-electron chi connectivity index (χ3n) is 6.54. The van der Waals surface area contributed by atoms with Crippen LogP contribution in [0.5, 0.6) is 5.75 Å². The van der Waals surface area contributed by atoms with E-state index >= 15 is 0 Å². The molecule has 1 saturated carbocycles. The normalized spacial score (nSPS) is 18.5. The van der Waals surface area contributed by atoms with Crippen LogP contribution in [0.2, 0.25) is 0 Å². The maximum absolute atomic E-state index is 12.9. The molecule has 2 aliphatic rings. The molecule has 2 aromatic rings. The zero-order valence-corrected chi connectivity index (χ0v) is 21.0. The van der Waals surface area contributed by atoms with E-state index in [1.54, 1.807) is 40.0 Å². The highest BCUT2D eigenvalue weighted by atomic mass is 16.6. The number of carboxylic acids is 1. The number of anilines is 1. The lowest BCUT2D eigenvalue weighted by Crippen LogP contribution is -2.39. The van der Waals surface area contributed by atoms with Crippen molar-refractivity contribution < 1.29 is 24.2 Å². The number of carboxylic acid groups (broad SMARTS) is 1. The molecule has 2 atom stereocenters. The maximum atomic E-state index is 12.9. The minimum atomic E-state index is -1.24. The first-order chi connectivity index (χ1) is 17.0. The molecule has 2 N–H and O–H groups in total. The van der Waals surface area contributed by atoms with Gasteiger partial charge in [-0.15, -0.1) is 0 Å². The Labute approximate surface area is 209 Å². The van der Waals surface area contributed by atoms with Gasteiger partial charge in [-0.1, -0.05) is 0 Å². The van der Waals surface area contributed by atoms with Gasteiger partial charge in [0.1, 0.15) is 17.2 Å². The molecule has 4 rings (SSSR count). The molecule has 1 aromatic heterocycles. The van der Waals surface area contributed by atoms with E-state index < -0.39 is 29.1 Å². The molecule has 1 saturated heterocycles. The Morgan fingerprint density at radius 2 is 2.00 bits per heavy atom. The molecule has 1 aliphatic heterocycles. The van der Waals surface area contributed by atoms with E-state index in [9.17, 15) is 24.8 Å². The van der Waals surface area contributed by atoms with Crippen LogP contribution in [0.25, 0.3) is 10.9 Å². The second-order valence-corrected chi connectivity index (χ2v) is 10.5. The average Bonchev–Trinajstić information content (AvgIpc) is 3.54. The molecule has 2 unspecified atom stereocenters. The molecule has 1 aliphatic carbocycles. The highest BCUT2D eigenvalue weighted by molar-refractivity contribution is 5.97. The third kappa shape index (κ3) is 5.25. The summed E-state index contributed by atoms with van der Waals surface area (Å²) in [4.78, 5) is 38.8. The fourth-order valence-electron chi connectivity index (χ4n) is 4.82. The van der Waals surface area contributed by atoms with Crippen LogP contribution < -0.4 is 20.4 Å². The van der Waals surface area contributed by atoms with Crippen LogP contribution >= 0.6 is 0 Å². The van der Waals surface area contributed by atoms with Crippen molar-refractivity contribution in [1.29, 1.82) is 5.26 Å². The molecule has 2 heterocycles. The predicted molar refractivity (Wildman–Crippen MR) is 134 cm³/mol. The SMILES string of the molecule is COc1c(N2CCC(CC(C#N)NC(=O)OC(C)(C)C)C2)ccc2c(=O)c(C(=O)O)cn(C3CC3)c12. The monoisotopic (exact) mass is 496 g/mol. The Morgan fingerprint density at radius 1 is 1.28 bits per heavy atom. The van der Waals surface area contributed by atoms with Gasteiger partial charge in [-0.2, -0.15) is 5.26 Å². The number of aromatic carboxylic acids is 1. The Bertz CT molecular complexity index is 1280. The van der Waals surface area contributed by atoms with Gasteiger partial charge in [0, 0.05) is 25.3 Å². The number of carbonyl (C=O) groups is 2. The van der Waals surface area contributed by atoms with Crippen molar-refractivity contribution in [2.24, 2.45) is 5.92 Å². The van der Waals surface area contributed by atoms with Gasteiger partial charge in [0.25, 0.3) is 0 Å². The van der Waals surface area contributed by atoms with Gasteiger partial charge in [-0.3, -0.25) is 4.79 Å². The lowest BCUT2D eigenvalue weighted by atomic mass is 10.00. The minimum absolute atomic E-state index is 0.136. The summed E-state index contributed by atoms with van der Waals surface area (Å²) in [5, 5.41) is 22.1. The number of benzene rings is 1. The standard InChI is InChI=1S/C26H32N4O6/c1-26(2,3)36-25(34)28-16(12-27)11-15-9-10-29(13-15)20-8-7-18-21(23(20)35-4)30(17-5-6-17)14-19(22(18)31)24(32)33/h7-8,14-17H,5-6,9-11,13H2,1-4H3,(H,28,34)(H,32,33). The number of aromatic nitrogens is 1. The summed E-state index contributed by atoms with van der Waals surface area (Å²) in [6, 6.07) is 5.10. The molecular formula is C26H32N4O6. The van der Waals surface area contributed by atoms with E-state index in [1.807, 2.05) is 4.57 Å². The number of rotatable bonds is 7. The number of fused-ring (bicyclic) bond motifs is 1. The third-order valence-corrected chi connectivity index (χ3v) is 6.54. The van der Waals surface area contributed by atoms with Gasteiger partial charge in [0.2, 0.25) is 5.43 Å². The van der Waals surface area contributed by atoms with Crippen molar-refractivity contribution in [3.05, 3.63) is 34.1 Å². The first-order valence-corrected chi connectivity index (χ1v) is 12.2. The van der Waals surface area contributed by atoms with E-state index in [0.717, 1.165) is 31.5 Å². The molecule has 0 spiro atoms. The molecule has 192 valence electrons. The van der Waals surface area contributed by atoms with Gasteiger partial charge in [-0.05, 0) is 64.5 Å². The zero-order valence-electron chi connectivity index (χ0n) is 21.0. The second-order valence-electron chi connectivity index (χ2n) is 10.5. The minimum Gasteiger partial charge on any atom is -0.492 e. The maximum Gasteiger partial charge on any atom is 0.408 e. The van der Waals surface area contributed by atoms with Crippen LogP contribution in [0.15, 0.2) is 23.1 Å². The van der Waals surface area contributed by atoms with Crippen molar-refractivity contribution in [1.82, 2.24) is 9.88 Å². The molecular weight excluding hydrogens is 464 g/mol. The zero-order chi connectivity index (χ0) is 26.2. The highest BCUT2D eigenvalue weighted by Gasteiger charge is 2.32. The average molecular weight is 497 g/mol. The van der Waals surface area contributed by atoms with Gasteiger partial charge < -0.3 is 29.4 Å². The van der Waals surface area contributed by atoms with Gasteiger partial charge in [0.05, 0.1) is 29.8 Å². The molecule has 10 nitrogen and oxygen atoms in total. The summed E-state index contributed by atoms with van der Waals surface area (Å²) >= 11 is 0. The number of nitrogens with one attached hydrogen (secondary N) is 1. The number of ether oxygens (including phenoxy) is 2. The number of alkyl carbamates (subject to hydrolysis) is 1. The first kappa shape index (κ1) is 25.4. The van der Waals surface area contributed by atoms with E-state index in [1.165, 1.54) is 6.20 Å². The number of nitriles is 1. The number of nitrogens with zero attached hydrogens (tertiary/aromatic N) is 3. The highest BCUT2D eigenvalue weighted by Crippen LogP contribution is 2.43. The van der Waals surface area contributed by atoms with E-state index in [-0.39, 0.29) is 17.5 Å². The van der Waals surface area contributed by atoms with Gasteiger partial charge in [0.15, 0.2) is 5.75 Å². The first-order valence-electron chi connectivity index (χ1n) is 12.2. The Morgan fingerprint density at radius 3 is 2.58 bits per heavy atom. The number of pyridine rings is 1. The molecule has 0 radical (unpaired) electrons. The number of carbonyl (C=O) groups excluding carboxylic acids is 1. The summed E-state index contributed by atoms with van der Waals surface area (Å²) in [6.07, 6.45) is 3.95. The van der Waals surface area contributed by atoms with Crippen molar-refractivity contribution in [3.8, 4) is 11.8 Å². The van der Waals surface area contributed by atoms with E-state index in [2.05, 4.69) is 16.3 Å². The van der Waals surface area contributed by atoms with E-state index in [4.69, 9.17) is 9.47 Å².